The van der Waals surface area contributed by atoms with Gasteiger partial charge in [-0.15, -0.1) is 11.3 Å². The minimum atomic E-state index is -0.948. The van der Waals surface area contributed by atoms with Crippen LogP contribution in [0.5, 0.6) is 0 Å². The van der Waals surface area contributed by atoms with Gasteiger partial charge in [-0.05, 0) is 43.7 Å². The molecule has 8 heteroatoms. The van der Waals surface area contributed by atoms with Crippen molar-refractivity contribution in [1.29, 1.82) is 0 Å². The maximum atomic E-state index is 12.3. The molecule has 29 heavy (non-hydrogen) atoms. The Balaban J connectivity index is 1.50. The number of carbonyl (C=O) groups is 3. The van der Waals surface area contributed by atoms with E-state index in [-0.39, 0.29) is 16.5 Å². The SMILES string of the molecule is Cc1ccc(CNC(=O)C(C)OC(=O)c2ccc(NC(=O)c3ccco3)s2)cc1. The lowest BCUT2D eigenvalue weighted by Crippen LogP contribution is -2.35. The minimum Gasteiger partial charge on any atom is -0.459 e. The maximum Gasteiger partial charge on any atom is 0.349 e. The van der Waals surface area contributed by atoms with Crippen LogP contribution in [-0.4, -0.2) is 23.9 Å². The molecule has 2 aromatic heterocycles. The molecule has 1 unspecified atom stereocenters. The van der Waals surface area contributed by atoms with Gasteiger partial charge < -0.3 is 19.8 Å². The van der Waals surface area contributed by atoms with Crippen LogP contribution in [-0.2, 0) is 16.1 Å². The van der Waals surface area contributed by atoms with E-state index in [1.807, 2.05) is 31.2 Å². The van der Waals surface area contributed by atoms with Crippen LogP contribution in [0.3, 0.4) is 0 Å². The zero-order valence-electron chi connectivity index (χ0n) is 15.9. The number of ether oxygens (including phenoxy) is 1. The van der Waals surface area contributed by atoms with Crippen molar-refractivity contribution in [3.63, 3.8) is 0 Å². The average Bonchev–Trinajstić information content (AvgIpc) is 3.39. The van der Waals surface area contributed by atoms with Crippen LogP contribution in [0.15, 0.2) is 59.2 Å². The van der Waals surface area contributed by atoms with E-state index in [1.165, 1.54) is 25.3 Å². The Labute approximate surface area is 171 Å². The largest absolute Gasteiger partial charge is 0.459 e. The van der Waals surface area contributed by atoms with Crippen LogP contribution in [0.4, 0.5) is 5.00 Å². The van der Waals surface area contributed by atoms with Gasteiger partial charge in [0.15, 0.2) is 11.9 Å². The number of hydrogen-bond donors (Lipinski definition) is 2. The molecule has 0 saturated heterocycles. The summed E-state index contributed by atoms with van der Waals surface area (Å²) in [6.45, 7) is 3.85. The van der Waals surface area contributed by atoms with E-state index >= 15 is 0 Å². The summed E-state index contributed by atoms with van der Waals surface area (Å²) in [7, 11) is 0. The third-order valence-corrected chi connectivity index (χ3v) is 5.01. The number of hydrogen-bond acceptors (Lipinski definition) is 6. The third kappa shape index (κ3) is 5.55. The fraction of sp³-hybridized carbons (Fsp3) is 0.190. The van der Waals surface area contributed by atoms with Crippen molar-refractivity contribution in [2.45, 2.75) is 26.5 Å². The van der Waals surface area contributed by atoms with E-state index in [2.05, 4.69) is 10.6 Å². The first-order valence-corrected chi connectivity index (χ1v) is 9.73. The number of furan rings is 1. The number of amides is 2. The minimum absolute atomic E-state index is 0.168. The zero-order chi connectivity index (χ0) is 20.8. The van der Waals surface area contributed by atoms with Crippen molar-refractivity contribution < 1.29 is 23.5 Å². The van der Waals surface area contributed by atoms with E-state index in [0.29, 0.717) is 11.5 Å². The molecule has 0 radical (unpaired) electrons. The van der Waals surface area contributed by atoms with Gasteiger partial charge in [-0.3, -0.25) is 9.59 Å². The molecule has 0 bridgehead atoms. The van der Waals surface area contributed by atoms with E-state index < -0.39 is 18.0 Å². The summed E-state index contributed by atoms with van der Waals surface area (Å²) in [5.41, 5.74) is 2.09. The summed E-state index contributed by atoms with van der Waals surface area (Å²) in [5, 5.41) is 5.85. The number of nitrogens with one attached hydrogen (secondary N) is 2. The molecule has 2 heterocycles. The molecule has 2 amide bonds. The molecule has 3 rings (SSSR count). The topological polar surface area (TPSA) is 97.6 Å². The van der Waals surface area contributed by atoms with E-state index in [4.69, 9.17) is 9.15 Å². The van der Waals surface area contributed by atoms with Crippen molar-refractivity contribution in [2.75, 3.05) is 5.32 Å². The quantitative estimate of drug-likeness (QED) is 0.576. The van der Waals surface area contributed by atoms with Crippen molar-refractivity contribution in [1.82, 2.24) is 5.32 Å². The van der Waals surface area contributed by atoms with Crippen LogP contribution in [0, 0.1) is 6.92 Å². The molecule has 1 atom stereocenters. The second-order valence-electron chi connectivity index (χ2n) is 6.35. The number of benzene rings is 1. The number of thiophene rings is 1. The number of carbonyl (C=O) groups excluding carboxylic acids is 3. The molecule has 0 saturated carbocycles. The highest BCUT2D eigenvalue weighted by Crippen LogP contribution is 2.23. The number of anilines is 1. The zero-order valence-corrected chi connectivity index (χ0v) is 16.7. The van der Waals surface area contributed by atoms with Gasteiger partial charge in [0.25, 0.3) is 11.8 Å². The first kappa shape index (κ1) is 20.3. The molecular formula is C21H20N2O5S. The maximum absolute atomic E-state index is 12.3. The Morgan fingerprint density at radius 2 is 1.86 bits per heavy atom. The first-order chi connectivity index (χ1) is 13.9. The van der Waals surface area contributed by atoms with Gasteiger partial charge in [0, 0.05) is 6.54 Å². The van der Waals surface area contributed by atoms with Crippen molar-refractivity contribution in [3.8, 4) is 0 Å². The first-order valence-electron chi connectivity index (χ1n) is 8.91. The van der Waals surface area contributed by atoms with Crippen LogP contribution >= 0.6 is 11.3 Å². The van der Waals surface area contributed by atoms with E-state index in [1.54, 1.807) is 12.1 Å². The summed E-state index contributed by atoms with van der Waals surface area (Å²) in [6.07, 6.45) is 0.452. The summed E-state index contributed by atoms with van der Waals surface area (Å²) in [5.74, 6) is -1.27. The Morgan fingerprint density at radius 1 is 1.10 bits per heavy atom. The predicted octanol–water partition coefficient (Wildman–Crippen LogP) is 3.76. The third-order valence-electron chi connectivity index (χ3n) is 4.03. The lowest BCUT2D eigenvalue weighted by atomic mass is 10.1. The van der Waals surface area contributed by atoms with Gasteiger partial charge in [0.05, 0.1) is 11.3 Å². The van der Waals surface area contributed by atoms with Gasteiger partial charge in [0.1, 0.15) is 4.88 Å². The highest BCUT2D eigenvalue weighted by Gasteiger charge is 2.20. The lowest BCUT2D eigenvalue weighted by Gasteiger charge is -2.13. The Kier molecular flexibility index (Phi) is 6.46. The van der Waals surface area contributed by atoms with Gasteiger partial charge in [0.2, 0.25) is 0 Å². The van der Waals surface area contributed by atoms with Crippen LogP contribution < -0.4 is 10.6 Å². The second kappa shape index (κ2) is 9.20. The average molecular weight is 412 g/mol. The Bertz CT molecular complexity index is 993. The number of aryl methyl sites for hydroxylation is 1. The predicted molar refractivity (Wildman–Crippen MR) is 109 cm³/mol. The van der Waals surface area contributed by atoms with Crippen molar-refractivity contribution in [2.24, 2.45) is 0 Å². The molecule has 3 aromatic rings. The Hall–Kier alpha value is -3.39. The molecule has 7 nitrogen and oxygen atoms in total. The Morgan fingerprint density at radius 3 is 2.55 bits per heavy atom. The van der Waals surface area contributed by atoms with Gasteiger partial charge in [-0.2, -0.15) is 0 Å². The highest BCUT2D eigenvalue weighted by atomic mass is 32.1. The van der Waals surface area contributed by atoms with Gasteiger partial charge >= 0.3 is 5.97 Å². The summed E-state index contributed by atoms with van der Waals surface area (Å²) in [6, 6.07) is 14.0. The van der Waals surface area contributed by atoms with Crippen LogP contribution in [0.25, 0.3) is 0 Å². The molecule has 0 aliphatic heterocycles. The molecule has 0 aliphatic rings. The molecule has 0 fully saturated rings. The lowest BCUT2D eigenvalue weighted by molar-refractivity contribution is -0.129. The second-order valence-corrected chi connectivity index (χ2v) is 7.43. The van der Waals surface area contributed by atoms with Gasteiger partial charge in [-0.1, -0.05) is 29.8 Å². The molecule has 2 N–H and O–H groups in total. The smallest absolute Gasteiger partial charge is 0.349 e. The highest BCUT2D eigenvalue weighted by molar-refractivity contribution is 7.18. The fourth-order valence-electron chi connectivity index (χ4n) is 2.41. The fourth-order valence-corrected chi connectivity index (χ4v) is 3.19. The summed E-state index contributed by atoms with van der Waals surface area (Å²) in [4.78, 5) is 36.7. The van der Waals surface area contributed by atoms with Crippen LogP contribution in [0.2, 0.25) is 0 Å². The summed E-state index contributed by atoms with van der Waals surface area (Å²) >= 11 is 1.05. The van der Waals surface area contributed by atoms with Gasteiger partial charge in [-0.25, -0.2) is 4.79 Å². The van der Waals surface area contributed by atoms with Crippen molar-refractivity contribution >= 4 is 34.1 Å². The van der Waals surface area contributed by atoms with E-state index in [9.17, 15) is 14.4 Å². The molecule has 150 valence electrons. The van der Waals surface area contributed by atoms with Crippen molar-refractivity contribution in [3.05, 3.63) is 76.6 Å². The molecule has 0 aliphatic carbocycles. The number of esters is 1. The standard InChI is InChI=1S/C21H20N2O5S/c1-13-5-7-15(8-6-13)12-22-19(24)14(2)28-21(26)17-9-10-18(29-17)23-20(25)16-4-3-11-27-16/h3-11,14H,12H2,1-2H3,(H,22,24)(H,23,25). The van der Waals surface area contributed by atoms with E-state index in [0.717, 1.165) is 22.5 Å². The molecular weight excluding hydrogens is 392 g/mol. The molecule has 1 aromatic carbocycles. The van der Waals surface area contributed by atoms with Crippen LogP contribution in [0.1, 0.15) is 38.3 Å². The monoisotopic (exact) mass is 412 g/mol. The summed E-state index contributed by atoms with van der Waals surface area (Å²) < 4.78 is 10.2. The normalized spacial score (nSPS) is 11.5. The number of rotatable bonds is 7. The molecule has 0 spiro atoms.